The second-order valence-corrected chi connectivity index (χ2v) is 4.70. The SMILES string of the molecule is NN1CCCNCCCNCCCNCCC1. The minimum atomic E-state index is 0.991. The largest absolute Gasteiger partial charge is 0.317 e. The van der Waals surface area contributed by atoms with Gasteiger partial charge in [0, 0.05) is 13.1 Å². The van der Waals surface area contributed by atoms with Gasteiger partial charge in [-0.3, -0.25) is 5.84 Å². The van der Waals surface area contributed by atoms with E-state index >= 15 is 0 Å². The average molecular weight is 243 g/mol. The maximum atomic E-state index is 5.91. The minimum absolute atomic E-state index is 0.991. The number of nitrogens with one attached hydrogen (secondary N) is 3. The zero-order chi connectivity index (χ0) is 12.2. The summed E-state index contributed by atoms with van der Waals surface area (Å²) in [6.07, 6.45) is 4.69. The van der Waals surface area contributed by atoms with Crippen molar-refractivity contribution in [2.24, 2.45) is 5.84 Å². The number of nitrogens with zero attached hydrogens (tertiary/aromatic N) is 1. The molecule has 0 spiro atoms. The van der Waals surface area contributed by atoms with Gasteiger partial charge in [-0.1, -0.05) is 0 Å². The molecule has 1 saturated heterocycles. The fourth-order valence-corrected chi connectivity index (χ4v) is 1.98. The Bertz CT molecular complexity index is 149. The first-order valence-corrected chi connectivity index (χ1v) is 7.01. The molecule has 1 fully saturated rings. The number of hydrogen-bond donors (Lipinski definition) is 4. The van der Waals surface area contributed by atoms with E-state index in [0.29, 0.717) is 0 Å². The molecule has 0 atom stereocenters. The van der Waals surface area contributed by atoms with Gasteiger partial charge in [0.05, 0.1) is 0 Å². The molecule has 0 amide bonds. The molecule has 0 aliphatic carbocycles. The summed E-state index contributed by atoms with van der Waals surface area (Å²) >= 11 is 0. The second-order valence-electron chi connectivity index (χ2n) is 4.70. The van der Waals surface area contributed by atoms with Crippen LogP contribution in [0.15, 0.2) is 0 Å². The highest BCUT2D eigenvalue weighted by molar-refractivity contribution is 4.58. The van der Waals surface area contributed by atoms with E-state index in [0.717, 1.165) is 65.2 Å². The van der Waals surface area contributed by atoms with Crippen molar-refractivity contribution < 1.29 is 0 Å². The van der Waals surface area contributed by atoms with Gasteiger partial charge in [0.25, 0.3) is 0 Å². The topological polar surface area (TPSA) is 65.3 Å². The Morgan fingerprint density at radius 3 is 1.35 bits per heavy atom. The predicted molar refractivity (Wildman–Crippen MR) is 72.8 cm³/mol. The van der Waals surface area contributed by atoms with Gasteiger partial charge in [0.15, 0.2) is 0 Å². The minimum Gasteiger partial charge on any atom is -0.317 e. The van der Waals surface area contributed by atoms with Gasteiger partial charge in [-0.25, -0.2) is 5.01 Å². The van der Waals surface area contributed by atoms with Crippen molar-refractivity contribution in [3.8, 4) is 0 Å². The molecule has 102 valence electrons. The highest BCUT2D eigenvalue weighted by Crippen LogP contribution is 1.88. The Labute approximate surface area is 105 Å². The zero-order valence-corrected chi connectivity index (χ0v) is 11.0. The van der Waals surface area contributed by atoms with Gasteiger partial charge in [-0.05, 0) is 65.0 Å². The van der Waals surface area contributed by atoms with Crippen LogP contribution in [0, 0.1) is 0 Å². The van der Waals surface area contributed by atoms with Crippen molar-refractivity contribution in [2.75, 3.05) is 52.4 Å². The molecular formula is C12H29N5. The summed E-state index contributed by atoms with van der Waals surface area (Å²) in [6, 6.07) is 0. The number of hydrazine groups is 1. The molecule has 1 aliphatic rings. The molecule has 0 unspecified atom stereocenters. The molecule has 0 saturated carbocycles. The molecule has 5 nitrogen and oxygen atoms in total. The van der Waals surface area contributed by atoms with Crippen LogP contribution < -0.4 is 21.8 Å². The van der Waals surface area contributed by atoms with Gasteiger partial charge in [0.2, 0.25) is 0 Å². The van der Waals surface area contributed by atoms with E-state index in [1.165, 1.54) is 12.8 Å². The first kappa shape index (κ1) is 14.9. The number of nitrogens with two attached hydrogens (primary N) is 1. The van der Waals surface area contributed by atoms with Crippen LogP contribution >= 0.6 is 0 Å². The van der Waals surface area contributed by atoms with Gasteiger partial charge < -0.3 is 16.0 Å². The molecular weight excluding hydrogens is 214 g/mol. The van der Waals surface area contributed by atoms with E-state index in [1.807, 2.05) is 5.01 Å². The molecule has 0 bridgehead atoms. The van der Waals surface area contributed by atoms with E-state index in [-0.39, 0.29) is 0 Å². The fourth-order valence-electron chi connectivity index (χ4n) is 1.98. The van der Waals surface area contributed by atoms with Crippen LogP contribution in [0.4, 0.5) is 0 Å². The van der Waals surface area contributed by atoms with Crippen molar-refractivity contribution in [1.29, 1.82) is 0 Å². The van der Waals surface area contributed by atoms with Crippen LogP contribution in [-0.2, 0) is 0 Å². The lowest BCUT2D eigenvalue weighted by Gasteiger charge is -2.17. The lowest BCUT2D eigenvalue weighted by atomic mass is 10.3. The Morgan fingerprint density at radius 2 is 0.941 bits per heavy atom. The summed E-state index contributed by atoms with van der Waals surface area (Å²) in [5.74, 6) is 5.91. The third kappa shape index (κ3) is 9.50. The molecule has 0 aromatic carbocycles. The molecule has 0 radical (unpaired) electrons. The average Bonchev–Trinajstić information content (AvgIpc) is 2.32. The summed E-state index contributed by atoms with van der Waals surface area (Å²) < 4.78 is 0. The Hall–Kier alpha value is -0.200. The van der Waals surface area contributed by atoms with Crippen LogP contribution in [0.2, 0.25) is 0 Å². The van der Waals surface area contributed by atoms with Crippen LogP contribution in [0.25, 0.3) is 0 Å². The second kappa shape index (κ2) is 10.9. The summed E-state index contributed by atoms with van der Waals surface area (Å²) in [6.45, 7) is 8.59. The van der Waals surface area contributed by atoms with Crippen molar-refractivity contribution in [1.82, 2.24) is 21.0 Å². The van der Waals surface area contributed by atoms with Crippen LogP contribution in [-0.4, -0.2) is 57.4 Å². The third-order valence-electron chi connectivity index (χ3n) is 3.01. The summed E-state index contributed by atoms with van der Waals surface area (Å²) in [7, 11) is 0. The molecule has 1 rings (SSSR count). The quantitative estimate of drug-likeness (QED) is 0.432. The van der Waals surface area contributed by atoms with E-state index in [2.05, 4.69) is 16.0 Å². The van der Waals surface area contributed by atoms with E-state index in [1.54, 1.807) is 0 Å². The van der Waals surface area contributed by atoms with E-state index in [9.17, 15) is 0 Å². The van der Waals surface area contributed by atoms with Gasteiger partial charge in [0.1, 0.15) is 0 Å². The van der Waals surface area contributed by atoms with Crippen molar-refractivity contribution in [3.63, 3.8) is 0 Å². The van der Waals surface area contributed by atoms with Gasteiger partial charge in [-0.2, -0.15) is 0 Å². The fraction of sp³-hybridized carbons (Fsp3) is 1.00. The highest BCUT2D eigenvalue weighted by Gasteiger charge is 1.99. The molecule has 1 heterocycles. The molecule has 0 aromatic heterocycles. The molecule has 17 heavy (non-hydrogen) atoms. The first-order chi connectivity index (χ1) is 8.39. The van der Waals surface area contributed by atoms with Gasteiger partial charge in [-0.15, -0.1) is 0 Å². The smallest absolute Gasteiger partial charge is 0.0140 e. The lowest BCUT2D eigenvalue weighted by molar-refractivity contribution is 0.273. The van der Waals surface area contributed by atoms with Crippen LogP contribution in [0.3, 0.4) is 0 Å². The Morgan fingerprint density at radius 1 is 0.588 bits per heavy atom. The maximum absolute atomic E-state index is 5.91. The van der Waals surface area contributed by atoms with Crippen LogP contribution in [0.5, 0.6) is 0 Å². The highest BCUT2D eigenvalue weighted by atomic mass is 15.4. The molecule has 5 heteroatoms. The normalized spacial score (nSPS) is 24.5. The summed E-state index contributed by atoms with van der Waals surface area (Å²) in [4.78, 5) is 0. The van der Waals surface area contributed by atoms with E-state index < -0.39 is 0 Å². The number of hydrogen-bond acceptors (Lipinski definition) is 5. The Balaban J connectivity index is 2.09. The standard InChI is InChI=1S/C12H29N5/c13-17-11-3-9-15-7-1-5-14-6-2-8-16-10-4-12-17/h14-16H,1-13H2. The molecule has 1 aliphatic heterocycles. The van der Waals surface area contributed by atoms with Gasteiger partial charge >= 0.3 is 0 Å². The zero-order valence-electron chi connectivity index (χ0n) is 11.0. The van der Waals surface area contributed by atoms with Crippen molar-refractivity contribution >= 4 is 0 Å². The predicted octanol–water partition coefficient (Wildman–Crippen LogP) is -0.495. The van der Waals surface area contributed by atoms with E-state index in [4.69, 9.17) is 5.84 Å². The third-order valence-corrected chi connectivity index (χ3v) is 3.01. The monoisotopic (exact) mass is 243 g/mol. The lowest BCUT2D eigenvalue weighted by Crippen LogP contribution is -2.36. The van der Waals surface area contributed by atoms with Crippen molar-refractivity contribution in [3.05, 3.63) is 0 Å². The maximum Gasteiger partial charge on any atom is 0.0140 e. The molecule has 5 N–H and O–H groups in total. The first-order valence-electron chi connectivity index (χ1n) is 7.01. The molecule has 0 aromatic rings. The number of rotatable bonds is 0. The summed E-state index contributed by atoms with van der Waals surface area (Å²) in [5, 5.41) is 12.3. The Kier molecular flexibility index (Phi) is 9.55. The van der Waals surface area contributed by atoms with Crippen molar-refractivity contribution in [2.45, 2.75) is 25.7 Å². The summed E-state index contributed by atoms with van der Waals surface area (Å²) in [5.41, 5.74) is 0. The van der Waals surface area contributed by atoms with Crippen LogP contribution in [0.1, 0.15) is 25.7 Å².